The molecule has 1 saturated carbocycles. The van der Waals surface area contributed by atoms with Gasteiger partial charge in [0.15, 0.2) is 0 Å². The van der Waals surface area contributed by atoms with Gasteiger partial charge in [-0.25, -0.2) is 9.97 Å². The van der Waals surface area contributed by atoms with Gasteiger partial charge in [0.1, 0.15) is 17.0 Å². The van der Waals surface area contributed by atoms with Gasteiger partial charge in [0.05, 0.1) is 16.8 Å². The van der Waals surface area contributed by atoms with Crippen molar-refractivity contribution in [3.05, 3.63) is 52.0 Å². The minimum atomic E-state index is 0.00783. The van der Waals surface area contributed by atoms with Gasteiger partial charge >= 0.3 is 0 Å². The van der Waals surface area contributed by atoms with Crippen LogP contribution in [0.15, 0.2) is 36.7 Å². The SMILES string of the molecule is Cc1c(C(=O)NC2CC2)sc2ncnc(NCc3cc4ccccc4s3)c12. The Balaban J connectivity index is 1.43. The van der Waals surface area contributed by atoms with E-state index < -0.39 is 0 Å². The van der Waals surface area contributed by atoms with Crippen LogP contribution in [0, 0.1) is 6.92 Å². The first-order chi connectivity index (χ1) is 13.2. The number of benzene rings is 1. The highest BCUT2D eigenvalue weighted by Gasteiger charge is 2.26. The molecule has 0 atom stereocenters. The highest BCUT2D eigenvalue weighted by Crippen LogP contribution is 2.34. The molecular formula is C20H18N4OS2. The summed E-state index contributed by atoms with van der Waals surface area (Å²) >= 11 is 3.22. The number of aromatic nitrogens is 2. The lowest BCUT2D eigenvalue weighted by Crippen LogP contribution is -2.24. The topological polar surface area (TPSA) is 66.9 Å². The summed E-state index contributed by atoms with van der Waals surface area (Å²) in [4.78, 5) is 24.2. The van der Waals surface area contributed by atoms with Crippen LogP contribution in [0.5, 0.6) is 0 Å². The number of carbonyl (C=O) groups is 1. The van der Waals surface area contributed by atoms with Gasteiger partial charge in [-0.05, 0) is 42.8 Å². The van der Waals surface area contributed by atoms with Crippen molar-refractivity contribution in [2.24, 2.45) is 0 Å². The standard InChI is InChI=1S/C20H18N4OS2/c1-11-16-18(21-9-14-8-12-4-2-3-5-15(12)26-14)22-10-23-20(16)27-17(11)19(25)24-13-6-7-13/h2-5,8,10,13H,6-7,9H2,1H3,(H,24,25)(H,21,22,23). The molecule has 3 heterocycles. The molecule has 1 aliphatic carbocycles. The molecule has 0 aliphatic heterocycles. The molecule has 0 unspecified atom stereocenters. The number of rotatable bonds is 5. The molecule has 5 rings (SSSR count). The van der Waals surface area contributed by atoms with Crippen molar-refractivity contribution in [3.63, 3.8) is 0 Å². The van der Waals surface area contributed by atoms with Crippen LogP contribution in [-0.4, -0.2) is 21.9 Å². The number of thiophene rings is 2. The average molecular weight is 395 g/mol. The molecule has 1 aliphatic rings. The predicted molar refractivity (Wildman–Crippen MR) is 112 cm³/mol. The number of amides is 1. The van der Waals surface area contributed by atoms with Crippen molar-refractivity contribution in [2.75, 3.05) is 5.32 Å². The molecule has 0 radical (unpaired) electrons. The second kappa shape index (κ2) is 6.58. The molecule has 1 fully saturated rings. The number of hydrogen-bond acceptors (Lipinski definition) is 6. The maximum Gasteiger partial charge on any atom is 0.261 e. The Bertz CT molecular complexity index is 1130. The molecule has 5 nitrogen and oxygen atoms in total. The Kier molecular flexibility index (Phi) is 4.06. The molecule has 1 amide bonds. The monoisotopic (exact) mass is 394 g/mol. The van der Waals surface area contributed by atoms with E-state index in [1.54, 1.807) is 17.7 Å². The summed E-state index contributed by atoms with van der Waals surface area (Å²) in [5.74, 6) is 0.796. The number of anilines is 1. The van der Waals surface area contributed by atoms with Crippen LogP contribution in [0.1, 0.15) is 33.0 Å². The number of hydrogen-bond donors (Lipinski definition) is 2. The van der Waals surface area contributed by atoms with E-state index in [-0.39, 0.29) is 5.91 Å². The van der Waals surface area contributed by atoms with E-state index in [1.807, 2.05) is 6.92 Å². The molecule has 0 bridgehead atoms. The molecule has 0 saturated heterocycles. The van der Waals surface area contributed by atoms with Gasteiger partial charge in [0, 0.05) is 15.6 Å². The molecular weight excluding hydrogens is 376 g/mol. The number of carbonyl (C=O) groups excluding carboxylic acids is 1. The maximum absolute atomic E-state index is 12.5. The second-order valence-electron chi connectivity index (χ2n) is 6.81. The number of nitrogens with zero attached hydrogens (tertiary/aromatic N) is 2. The minimum absolute atomic E-state index is 0.00783. The molecule has 1 aromatic carbocycles. The van der Waals surface area contributed by atoms with Crippen LogP contribution in [0.2, 0.25) is 0 Å². The molecule has 2 N–H and O–H groups in total. The van der Waals surface area contributed by atoms with E-state index in [9.17, 15) is 4.79 Å². The van der Waals surface area contributed by atoms with E-state index in [1.165, 1.54) is 26.3 Å². The Morgan fingerprint density at radius 2 is 2.07 bits per heavy atom. The van der Waals surface area contributed by atoms with E-state index in [0.717, 1.165) is 39.3 Å². The summed E-state index contributed by atoms with van der Waals surface area (Å²) in [6.07, 6.45) is 3.73. The summed E-state index contributed by atoms with van der Waals surface area (Å²) < 4.78 is 1.29. The summed E-state index contributed by atoms with van der Waals surface area (Å²) in [5.41, 5.74) is 0.951. The summed E-state index contributed by atoms with van der Waals surface area (Å²) in [6.45, 7) is 2.68. The molecule has 27 heavy (non-hydrogen) atoms. The van der Waals surface area contributed by atoms with Gasteiger partial charge in [0.2, 0.25) is 0 Å². The van der Waals surface area contributed by atoms with Crippen LogP contribution in [0.4, 0.5) is 5.82 Å². The van der Waals surface area contributed by atoms with Crippen LogP contribution in [-0.2, 0) is 6.54 Å². The van der Waals surface area contributed by atoms with Gasteiger partial charge in [-0.3, -0.25) is 4.79 Å². The van der Waals surface area contributed by atoms with Crippen molar-refractivity contribution < 1.29 is 4.79 Å². The van der Waals surface area contributed by atoms with Crippen LogP contribution in [0.25, 0.3) is 20.3 Å². The number of aryl methyl sites for hydroxylation is 1. The molecule has 0 spiro atoms. The van der Waals surface area contributed by atoms with E-state index in [0.29, 0.717) is 12.6 Å². The zero-order valence-electron chi connectivity index (χ0n) is 14.8. The molecule has 4 aromatic rings. The van der Waals surface area contributed by atoms with Crippen molar-refractivity contribution in [1.82, 2.24) is 15.3 Å². The van der Waals surface area contributed by atoms with Crippen molar-refractivity contribution in [2.45, 2.75) is 32.4 Å². The normalized spacial score (nSPS) is 14.0. The third-order valence-corrected chi connectivity index (χ3v) is 7.07. The first-order valence-electron chi connectivity index (χ1n) is 8.95. The smallest absolute Gasteiger partial charge is 0.261 e. The van der Waals surface area contributed by atoms with E-state index >= 15 is 0 Å². The minimum Gasteiger partial charge on any atom is -0.365 e. The Labute approximate surface area is 164 Å². The quantitative estimate of drug-likeness (QED) is 0.514. The van der Waals surface area contributed by atoms with Crippen molar-refractivity contribution >= 4 is 54.7 Å². The molecule has 136 valence electrons. The predicted octanol–water partition coefficient (Wildman–Crippen LogP) is 4.72. The molecule has 7 heteroatoms. The highest BCUT2D eigenvalue weighted by atomic mass is 32.1. The van der Waals surface area contributed by atoms with E-state index in [2.05, 4.69) is 50.9 Å². The third kappa shape index (κ3) is 3.17. The fourth-order valence-corrected chi connectivity index (χ4v) is 5.25. The maximum atomic E-state index is 12.5. The average Bonchev–Trinajstić information content (AvgIpc) is 3.27. The van der Waals surface area contributed by atoms with Crippen LogP contribution >= 0.6 is 22.7 Å². The van der Waals surface area contributed by atoms with Gasteiger partial charge in [0.25, 0.3) is 5.91 Å². The largest absolute Gasteiger partial charge is 0.365 e. The third-order valence-electron chi connectivity index (χ3n) is 4.75. The van der Waals surface area contributed by atoms with Gasteiger partial charge in [-0.2, -0.15) is 0 Å². The summed E-state index contributed by atoms with van der Waals surface area (Å²) in [5, 5.41) is 8.72. The fraction of sp³-hybridized carbons (Fsp3) is 0.250. The van der Waals surface area contributed by atoms with Crippen LogP contribution < -0.4 is 10.6 Å². The number of fused-ring (bicyclic) bond motifs is 2. The Morgan fingerprint density at radius 3 is 2.89 bits per heavy atom. The Hall–Kier alpha value is -2.51. The highest BCUT2D eigenvalue weighted by molar-refractivity contribution is 7.20. The van der Waals surface area contributed by atoms with Crippen molar-refractivity contribution in [1.29, 1.82) is 0 Å². The first-order valence-corrected chi connectivity index (χ1v) is 10.6. The van der Waals surface area contributed by atoms with Gasteiger partial charge < -0.3 is 10.6 Å². The number of nitrogens with one attached hydrogen (secondary N) is 2. The zero-order chi connectivity index (χ0) is 18.4. The lowest BCUT2D eigenvalue weighted by atomic mass is 10.2. The Morgan fingerprint density at radius 1 is 1.22 bits per heavy atom. The van der Waals surface area contributed by atoms with E-state index in [4.69, 9.17) is 0 Å². The van der Waals surface area contributed by atoms with Gasteiger partial charge in [-0.1, -0.05) is 18.2 Å². The zero-order valence-corrected chi connectivity index (χ0v) is 16.4. The van der Waals surface area contributed by atoms with Gasteiger partial charge in [-0.15, -0.1) is 22.7 Å². The molecule has 3 aromatic heterocycles. The van der Waals surface area contributed by atoms with Crippen molar-refractivity contribution in [3.8, 4) is 0 Å². The summed E-state index contributed by atoms with van der Waals surface area (Å²) in [7, 11) is 0. The van der Waals surface area contributed by atoms with Crippen LogP contribution in [0.3, 0.4) is 0 Å². The lowest BCUT2D eigenvalue weighted by Gasteiger charge is -2.06. The fourth-order valence-electron chi connectivity index (χ4n) is 3.20. The lowest BCUT2D eigenvalue weighted by molar-refractivity contribution is 0.0954. The summed E-state index contributed by atoms with van der Waals surface area (Å²) in [6, 6.07) is 10.9. The second-order valence-corrected chi connectivity index (χ2v) is 8.98. The first kappa shape index (κ1) is 16.6.